The molecule has 0 bridgehead atoms. The summed E-state index contributed by atoms with van der Waals surface area (Å²) in [6, 6.07) is 24.7. The van der Waals surface area contributed by atoms with Crippen LogP contribution in [0.15, 0.2) is 78.9 Å². The minimum Gasteiger partial charge on any atom is -0.497 e. The minimum atomic E-state index is -0.201. The number of methoxy groups -OCH3 is 1. The first-order valence-electron chi connectivity index (χ1n) is 9.73. The maximum atomic E-state index is 13.2. The predicted molar refractivity (Wildman–Crippen MR) is 118 cm³/mol. The Balaban J connectivity index is 1.53. The summed E-state index contributed by atoms with van der Waals surface area (Å²) in [7, 11) is 1.62. The van der Waals surface area contributed by atoms with Gasteiger partial charge in [0, 0.05) is 17.7 Å². The van der Waals surface area contributed by atoms with Crippen molar-refractivity contribution >= 4 is 29.2 Å². The van der Waals surface area contributed by atoms with Crippen LogP contribution in [0.4, 0.5) is 5.69 Å². The molecule has 2 amide bonds. The quantitative estimate of drug-likeness (QED) is 0.641. The number of hydrogen-bond donors (Lipinski definition) is 1. The maximum absolute atomic E-state index is 13.2. The highest BCUT2D eigenvalue weighted by atomic mass is 16.5. The maximum Gasteiger partial charge on any atom is 0.259 e. The van der Waals surface area contributed by atoms with Crippen molar-refractivity contribution in [1.82, 2.24) is 5.32 Å². The van der Waals surface area contributed by atoms with E-state index in [4.69, 9.17) is 4.74 Å². The second-order valence-electron chi connectivity index (χ2n) is 7.00. The molecule has 150 valence electrons. The lowest BCUT2D eigenvalue weighted by atomic mass is 10.0. The Kier molecular flexibility index (Phi) is 5.61. The molecule has 3 aromatic carbocycles. The van der Waals surface area contributed by atoms with Gasteiger partial charge in [-0.1, -0.05) is 60.7 Å². The Morgan fingerprint density at radius 3 is 2.40 bits per heavy atom. The summed E-state index contributed by atoms with van der Waals surface area (Å²) in [5.74, 6) is 0.376. The van der Waals surface area contributed by atoms with Crippen LogP contribution in [-0.2, 0) is 16.1 Å². The first kappa shape index (κ1) is 19.5. The molecule has 1 N–H and O–H groups in total. The third-order valence-corrected chi connectivity index (χ3v) is 5.02. The van der Waals surface area contributed by atoms with Crippen LogP contribution in [0.25, 0.3) is 11.6 Å². The van der Waals surface area contributed by atoms with Crippen LogP contribution >= 0.6 is 0 Å². The molecule has 1 aliphatic heterocycles. The molecule has 3 aromatic rings. The second kappa shape index (κ2) is 8.66. The molecule has 0 aromatic heterocycles. The summed E-state index contributed by atoms with van der Waals surface area (Å²) < 4.78 is 5.19. The van der Waals surface area contributed by atoms with Gasteiger partial charge in [-0.15, -0.1) is 0 Å². The second-order valence-corrected chi connectivity index (χ2v) is 7.00. The van der Waals surface area contributed by atoms with Crippen molar-refractivity contribution < 1.29 is 14.3 Å². The number of para-hydroxylation sites is 1. The number of ether oxygens (including phenoxy) is 1. The van der Waals surface area contributed by atoms with E-state index in [1.54, 1.807) is 7.11 Å². The van der Waals surface area contributed by atoms with Crippen molar-refractivity contribution in [1.29, 1.82) is 0 Å². The third-order valence-electron chi connectivity index (χ3n) is 5.02. The molecule has 0 aliphatic carbocycles. The molecule has 0 saturated heterocycles. The molecule has 0 unspecified atom stereocenters. The molecule has 0 saturated carbocycles. The Bertz CT molecular complexity index is 1090. The number of nitrogens with one attached hydrogen (secondary N) is 1. The van der Waals surface area contributed by atoms with Gasteiger partial charge >= 0.3 is 0 Å². The number of nitrogens with zero attached hydrogens (tertiary/aromatic N) is 1. The average Bonchev–Trinajstić information content (AvgIpc) is 3.05. The molecule has 5 nitrogen and oxygen atoms in total. The highest BCUT2D eigenvalue weighted by Gasteiger charge is 2.33. The number of amides is 2. The van der Waals surface area contributed by atoms with E-state index in [0.29, 0.717) is 12.1 Å². The van der Waals surface area contributed by atoms with E-state index < -0.39 is 0 Å². The van der Waals surface area contributed by atoms with E-state index in [9.17, 15) is 9.59 Å². The summed E-state index contributed by atoms with van der Waals surface area (Å²) in [6.45, 7) is 0.403. The molecule has 30 heavy (non-hydrogen) atoms. The molecule has 0 radical (unpaired) electrons. The van der Waals surface area contributed by atoms with E-state index in [0.717, 1.165) is 28.1 Å². The topological polar surface area (TPSA) is 58.6 Å². The molecule has 1 aliphatic rings. The number of carbonyl (C=O) groups is 2. The zero-order chi connectivity index (χ0) is 20.9. The van der Waals surface area contributed by atoms with Crippen LogP contribution in [0.5, 0.6) is 5.75 Å². The van der Waals surface area contributed by atoms with Crippen LogP contribution in [0.2, 0.25) is 0 Å². The van der Waals surface area contributed by atoms with Gasteiger partial charge in [-0.2, -0.15) is 0 Å². The van der Waals surface area contributed by atoms with Gasteiger partial charge in [0.15, 0.2) is 0 Å². The Morgan fingerprint density at radius 1 is 0.967 bits per heavy atom. The zero-order valence-corrected chi connectivity index (χ0v) is 16.7. The highest BCUT2D eigenvalue weighted by Crippen LogP contribution is 2.37. The van der Waals surface area contributed by atoms with Crippen LogP contribution in [0.1, 0.15) is 16.7 Å². The number of fused-ring (bicyclic) bond motifs is 1. The summed E-state index contributed by atoms with van der Waals surface area (Å²) in [6.07, 6.45) is 1.85. The summed E-state index contributed by atoms with van der Waals surface area (Å²) >= 11 is 0. The van der Waals surface area contributed by atoms with E-state index in [-0.39, 0.29) is 18.4 Å². The largest absolute Gasteiger partial charge is 0.497 e. The average molecular weight is 398 g/mol. The van der Waals surface area contributed by atoms with Crippen molar-refractivity contribution in [2.24, 2.45) is 0 Å². The van der Waals surface area contributed by atoms with Crippen LogP contribution in [0, 0.1) is 0 Å². The Morgan fingerprint density at radius 2 is 1.67 bits per heavy atom. The lowest BCUT2D eigenvalue weighted by Gasteiger charge is -2.16. The lowest BCUT2D eigenvalue weighted by molar-refractivity contribution is -0.122. The van der Waals surface area contributed by atoms with Gasteiger partial charge in [0.05, 0.1) is 12.8 Å². The van der Waals surface area contributed by atoms with Gasteiger partial charge < -0.3 is 10.1 Å². The number of hydrogen-bond acceptors (Lipinski definition) is 3. The number of anilines is 1. The van der Waals surface area contributed by atoms with Gasteiger partial charge in [-0.3, -0.25) is 14.5 Å². The standard InChI is InChI=1S/C25H22N2O3/c1-30-20-13-11-18(12-14-20)15-22-21-9-5-6-10-23(21)27(25(22)29)17-24(28)26-16-19-7-3-2-4-8-19/h2-15H,16-17H2,1H3,(H,26,28)/b22-15+. The van der Waals surface area contributed by atoms with E-state index in [2.05, 4.69) is 5.32 Å². The van der Waals surface area contributed by atoms with Crippen LogP contribution in [-0.4, -0.2) is 25.5 Å². The first-order chi connectivity index (χ1) is 14.7. The smallest absolute Gasteiger partial charge is 0.259 e. The van der Waals surface area contributed by atoms with Crippen molar-refractivity contribution in [2.75, 3.05) is 18.6 Å². The first-order valence-corrected chi connectivity index (χ1v) is 9.73. The van der Waals surface area contributed by atoms with Gasteiger partial charge in [0.2, 0.25) is 5.91 Å². The van der Waals surface area contributed by atoms with Crippen molar-refractivity contribution in [3.63, 3.8) is 0 Å². The lowest BCUT2D eigenvalue weighted by Crippen LogP contribution is -2.38. The van der Waals surface area contributed by atoms with Gasteiger partial charge in [-0.05, 0) is 35.4 Å². The number of rotatable bonds is 6. The molecule has 1 heterocycles. The third kappa shape index (κ3) is 4.10. The predicted octanol–water partition coefficient (Wildman–Crippen LogP) is 3.90. The molecule has 5 heteroatoms. The summed E-state index contributed by atoms with van der Waals surface area (Å²) in [5.41, 5.74) is 4.06. The monoisotopic (exact) mass is 398 g/mol. The van der Waals surface area contributed by atoms with Crippen LogP contribution < -0.4 is 15.0 Å². The molecule has 0 fully saturated rings. The molecule has 0 atom stereocenters. The van der Waals surface area contributed by atoms with E-state index in [1.807, 2.05) is 84.9 Å². The van der Waals surface area contributed by atoms with Gasteiger partial charge in [-0.25, -0.2) is 0 Å². The Labute approximate surface area is 175 Å². The van der Waals surface area contributed by atoms with Crippen molar-refractivity contribution in [3.8, 4) is 5.75 Å². The fourth-order valence-electron chi connectivity index (χ4n) is 3.47. The number of benzene rings is 3. The van der Waals surface area contributed by atoms with E-state index in [1.165, 1.54) is 4.90 Å². The number of carbonyl (C=O) groups excluding carboxylic acids is 2. The molecule has 0 spiro atoms. The highest BCUT2D eigenvalue weighted by molar-refractivity contribution is 6.36. The summed E-state index contributed by atoms with van der Waals surface area (Å²) in [4.78, 5) is 27.2. The normalized spacial score (nSPS) is 14.0. The molecular formula is C25H22N2O3. The summed E-state index contributed by atoms with van der Waals surface area (Å²) in [5, 5.41) is 2.89. The molecular weight excluding hydrogens is 376 g/mol. The zero-order valence-electron chi connectivity index (χ0n) is 16.7. The van der Waals surface area contributed by atoms with E-state index >= 15 is 0 Å². The fourth-order valence-corrected chi connectivity index (χ4v) is 3.47. The minimum absolute atomic E-state index is 0.0252. The molecule has 4 rings (SSSR count). The van der Waals surface area contributed by atoms with Crippen molar-refractivity contribution in [2.45, 2.75) is 6.54 Å². The SMILES string of the molecule is COc1ccc(/C=C2/C(=O)N(CC(=O)NCc3ccccc3)c3ccccc32)cc1. The van der Waals surface area contributed by atoms with Crippen molar-refractivity contribution in [3.05, 3.63) is 95.6 Å². The Hall–Kier alpha value is -3.86. The van der Waals surface area contributed by atoms with Gasteiger partial charge in [0.25, 0.3) is 5.91 Å². The van der Waals surface area contributed by atoms with Crippen LogP contribution in [0.3, 0.4) is 0 Å². The van der Waals surface area contributed by atoms with Gasteiger partial charge in [0.1, 0.15) is 12.3 Å². The fraction of sp³-hybridized carbons (Fsp3) is 0.120.